The Hall–Kier alpha value is -3.20. The lowest BCUT2D eigenvalue weighted by Gasteiger charge is -2.17. The van der Waals surface area contributed by atoms with Gasteiger partial charge in [0.1, 0.15) is 17.6 Å². The molecule has 4 rings (SSSR count). The summed E-state index contributed by atoms with van der Waals surface area (Å²) < 4.78 is 17.9. The van der Waals surface area contributed by atoms with E-state index in [-0.39, 0.29) is 6.42 Å². The van der Waals surface area contributed by atoms with Crippen LogP contribution in [0.4, 0.5) is 0 Å². The smallest absolute Gasteiger partial charge is 0.226 e. The molecule has 8 heteroatoms. The number of hydrogen-bond donors (Lipinski definition) is 1. The first-order valence-corrected chi connectivity index (χ1v) is 13.8. The Morgan fingerprint density at radius 1 is 1.08 bits per heavy atom. The number of aliphatic carboxylic acids is 1. The van der Waals surface area contributed by atoms with Crippen LogP contribution in [0, 0.1) is 6.92 Å². The topological polar surface area (TPSA) is 101 Å². The Bertz CT molecular complexity index is 1290. The van der Waals surface area contributed by atoms with Gasteiger partial charge in [-0.1, -0.05) is 24.3 Å². The van der Waals surface area contributed by atoms with Crippen LogP contribution in [0.3, 0.4) is 0 Å². The highest BCUT2D eigenvalue weighted by molar-refractivity contribution is 7.17. The van der Waals surface area contributed by atoms with E-state index >= 15 is 0 Å². The van der Waals surface area contributed by atoms with Crippen molar-refractivity contribution < 1.29 is 29.1 Å². The van der Waals surface area contributed by atoms with Crippen LogP contribution in [0.15, 0.2) is 58.3 Å². The molecule has 0 fully saturated rings. The number of carbonyl (C=O) groups excluding carboxylic acids is 1. The summed E-state index contributed by atoms with van der Waals surface area (Å²) in [6.07, 6.45) is -0.117. The highest BCUT2D eigenvalue weighted by Gasteiger charge is 2.16. The maximum absolute atomic E-state index is 11.2. The van der Waals surface area contributed by atoms with Gasteiger partial charge >= 0.3 is 0 Å². The quantitative estimate of drug-likeness (QED) is 0.308. The van der Waals surface area contributed by atoms with Crippen molar-refractivity contribution in [2.45, 2.75) is 65.6 Å². The van der Waals surface area contributed by atoms with E-state index in [0.717, 1.165) is 50.5 Å². The van der Waals surface area contributed by atoms with E-state index in [9.17, 15) is 9.90 Å². The SMILES string of the molecule is CC(C)[NH2+]C(C)C.CO[C@@H](Cc1ccc(OCCc2nc(-c3ccccc3)oc2C)c2ccsc12)C(=O)[O-]. The zero-order valence-corrected chi connectivity index (χ0v) is 23.8. The number of quaternary nitrogens is 1. The molecule has 0 radical (unpaired) electrons. The minimum Gasteiger partial charge on any atom is -0.547 e. The van der Waals surface area contributed by atoms with Crippen LogP contribution in [0.25, 0.3) is 21.5 Å². The first-order valence-electron chi connectivity index (χ1n) is 12.9. The molecule has 0 saturated heterocycles. The summed E-state index contributed by atoms with van der Waals surface area (Å²) in [6, 6.07) is 17.0. The molecular formula is C30H38N2O5S. The van der Waals surface area contributed by atoms with Crippen molar-refractivity contribution in [3.63, 3.8) is 0 Å². The second kappa shape index (κ2) is 14.1. The van der Waals surface area contributed by atoms with Crippen LogP contribution < -0.4 is 15.2 Å². The number of methoxy groups -OCH3 is 1. The normalized spacial score (nSPS) is 12.0. The van der Waals surface area contributed by atoms with Crippen molar-refractivity contribution in [2.24, 2.45) is 0 Å². The fraction of sp³-hybridized carbons (Fsp3) is 0.400. The highest BCUT2D eigenvalue weighted by Crippen LogP contribution is 2.34. The van der Waals surface area contributed by atoms with Crippen molar-refractivity contribution in [1.82, 2.24) is 4.98 Å². The van der Waals surface area contributed by atoms with Crippen LogP contribution in [0.5, 0.6) is 5.75 Å². The third-order valence-corrected chi connectivity index (χ3v) is 6.88. The number of nitrogens with two attached hydrogens (primary N) is 1. The van der Waals surface area contributed by atoms with E-state index in [4.69, 9.17) is 13.9 Å². The Morgan fingerprint density at radius 2 is 1.79 bits per heavy atom. The van der Waals surface area contributed by atoms with Crippen LogP contribution in [-0.2, 0) is 22.4 Å². The van der Waals surface area contributed by atoms with E-state index in [1.165, 1.54) is 7.11 Å². The predicted molar refractivity (Wildman–Crippen MR) is 149 cm³/mol. The summed E-state index contributed by atoms with van der Waals surface area (Å²) in [6.45, 7) is 11.2. The van der Waals surface area contributed by atoms with E-state index in [0.29, 0.717) is 18.9 Å². The zero-order chi connectivity index (χ0) is 27.7. The van der Waals surface area contributed by atoms with Gasteiger partial charge in [0.05, 0.1) is 30.4 Å². The van der Waals surface area contributed by atoms with Crippen LogP contribution in [-0.4, -0.2) is 42.9 Å². The number of hydrogen-bond acceptors (Lipinski definition) is 7. The van der Waals surface area contributed by atoms with Gasteiger partial charge in [-0.3, -0.25) is 0 Å². The molecule has 4 aromatic rings. The third-order valence-electron chi connectivity index (χ3n) is 5.89. The lowest BCUT2D eigenvalue weighted by atomic mass is 10.1. The van der Waals surface area contributed by atoms with Gasteiger partial charge in [0.15, 0.2) is 0 Å². The molecule has 2 aromatic heterocycles. The molecule has 1 atom stereocenters. The number of aryl methyl sites for hydroxylation is 1. The molecule has 2 aromatic carbocycles. The van der Waals surface area contributed by atoms with Crippen molar-refractivity contribution >= 4 is 27.4 Å². The second-order valence-corrected chi connectivity index (χ2v) is 10.7. The van der Waals surface area contributed by atoms with E-state index in [2.05, 4.69) is 38.0 Å². The molecule has 0 amide bonds. The Kier molecular flexibility index (Phi) is 10.9. The van der Waals surface area contributed by atoms with Crippen molar-refractivity contribution in [1.29, 1.82) is 0 Å². The maximum atomic E-state index is 11.2. The molecule has 7 nitrogen and oxygen atoms in total. The van der Waals surface area contributed by atoms with Crippen LogP contribution in [0.2, 0.25) is 0 Å². The molecule has 0 spiro atoms. The number of aromatic nitrogens is 1. The largest absolute Gasteiger partial charge is 0.547 e. The standard InChI is InChI=1S/C24H23NO5S.C6H15N/c1-15-19(25-23(30-15)16-6-4-3-5-7-16)10-12-29-20-9-8-17(14-21(28-2)24(26)27)22-18(20)11-13-31-22;1-5(2)7-6(3)4/h3-9,11,13,21H,10,12,14H2,1-2H3,(H,26,27);5-7H,1-4H3/t21-;/m0./s1. The summed E-state index contributed by atoms with van der Waals surface area (Å²) >= 11 is 1.55. The van der Waals surface area contributed by atoms with Gasteiger partial charge in [-0.05, 0) is 69.8 Å². The fourth-order valence-corrected chi connectivity index (χ4v) is 5.17. The Balaban J connectivity index is 0.000000505. The maximum Gasteiger partial charge on any atom is 0.226 e. The first kappa shape index (κ1) is 29.4. The summed E-state index contributed by atoms with van der Waals surface area (Å²) in [7, 11) is 1.37. The van der Waals surface area contributed by atoms with E-state index in [1.54, 1.807) is 11.3 Å². The van der Waals surface area contributed by atoms with Gasteiger partial charge in [0.2, 0.25) is 5.89 Å². The highest BCUT2D eigenvalue weighted by atomic mass is 32.1. The summed E-state index contributed by atoms with van der Waals surface area (Å²) in [5, 5.41) is 16.5. The van der Waals surface area contributed by atoms with E-state index in [1.807, 2.05) is 60.8 Å². The zero-order valence-electron chi connectivity index (χ0n) is 23.0. The predicted octanol–water partition coefficient (Wildman–Crippen LogP) is 4.16. The number of oxazole rings is 1. The van der Waals surface area contributed by atoms with Crippen LogP contribution >= 0.6 is 11.3 Å². The molecule has 0 unspecified atom stereocenters. The molecule has 0 aliphatic carbocycles. The van der Waals surface area contributed by atoms with Crippen molar-refractivity contribution in [2.75, 3.05) is 13.7 Å². The fourth-order valence-electron chi connectivity index (χ4n) is 4.23. The lowest BCUT2D eigenvalue weighted by molar-refractivity contribution is -0.709. The van der Waals surface area contributed by atoms with Gasteiger partial charge in [-0.25, -0.2) is 4.98 Å². The second-order valence-electron chi connectivity index (χ2n) is 9.80. The molecule has 2 heterocycles. The minimum atomic E-state index is -1.22. The van der Waals surface area contributed by atoms with Crippen LogP contribution in [0.1, 0.15) is 44.7 Å². The summed E-state index contributed by atoms with van der Waals surface area (Å²) in [4.78, 5) is 15.8. The van der Waals surface area contributed by atoms with E-state index < -0.39 is 12.1 Å². The number of benzene rings is 2. The van der Waals surface area contributed by atoms with Gasteiger partial charge in [0.25, 0.3) is 0 Å². The van der Waals surface area contributed by atoms with Gasteiger partial charge in [-0.15, -0.1) is 11.3 Å². The lowest BCUT2D eigenvalue weighted by Crippen LogP contribution is -2.92. The molecular weight excluding hydrogens is 500 g/mol. The number of carboxylic acid groups (broad SMARTS) is 1. The average Bonchev–Trinajstić information content (AvgIpc) is 3.51. The third kappa shape index (κ3) is 8.15. The first-order chi connectivity index (χ1) is 18.2. The van der Waals surface area contributed by atoms with Crippen molar-refractivity contribution in [3.8, 4) is 17.2 Å². The molecule has 0 aliphatic rings. The number of thiophene rings is 1. The molecule has 0 aliphatic heterocycles. The summed E-state index contributed by atoms with van der Waals surface area (Å²) in [5.41, 5.74) is 2.71. The Morgan fingerprint density at radius 3 is 2.39 bits per heavy atom. The molecule has 204 valence electrons. The van der Waals surface area contributed by atoms with Gasteiger partial charge in [0, 0.05) is 35.6 Å². The van der Waals surface area contributed by atoms with Gasteiger partial charge in [-0.2, -0.15) is 0 Å². The molecule has 38 heavy (non-hydrogen) atoms. The number of rotatable bonds is 11. The number of nitrogens with zero attached hydrogens (tertiary/aromatic N) is 1. The number of fused-ring (bicyclic) bond motifs is 1. The number of carboxylic acids is 1. The van der Waals surface area contributed by atoms with Gasteiger partial charge < -0.3 is 29.1 Å². The average molecular weight is 539 g/mol. The monoisotopic (exact) mass is 538 g/mol. The molecule has 0 bridgehead atoms. The molecule has 0 saturated carbocycles. The minimum absolute atomic E-state index is 0.247. The number of carbonyl (C=O) groups is 1. The molecule has 2 N–H and O–H groups in total. The Labute approximate surface area is 228 Å². The number of ether oxygens (including phenoxy) is 2. The van der Waals surface area contributed by atoms with Crippen molar-refractivity contribution in [3.05, 3.63) is 70.9 Å². The summed E-state index contributed by atoms with van der Waals surface area (Å²) in [5.74, 6) is 0.932.